The molecule has 1 heterocycles. The lowest BCUT2D eigenvalue weighted by Crippen LogP contribution is -2.40. The second-order valence-electron chi connectivity index (χ2n) is 8.15. The Morgan fingerprint density at radius 2 is 2.08 bits per heavy atom. The molecule has 3 aliphatic rings. The van der Waals surface area contributed by atoms with Crippen LogP contribution in [0, 0.1) is 17.3 Å². The predicted molar refractivity (Wildman–Crippen MR) is 83.7 cm³/mol. The minimum atomic E-state index is -0.981. The van der Waals surface area contributed by atoms with Crippen LogP contribution in [0.25, 0.3) is 0 Å². The van der Waals surface area contributed by atoms with Crippen LogP contribution in [0.2, 0.25) is 0 Å². The van der Waals surface area contributed by atoms with Gasteiger partial charge in [0.15, 0.2) is 0 Å². The van der Waals surface area contributed by atoms with Crippen molar-refractivity contribution in [1.29, 1.82) is 0 Å². The lowest BCUT2D eigenvalue weighted by Gasteiger charge is -2.30. The van der Waals surface area contributed by atoms with E-state index in [0.717, 1.165) is 6.42 Å². The fraction of sp³-hybridized carbons (Fsp3) is 0.722. The van der Waals surface area contributed by atoms with Crippen LogP contribution >= 0.6 is 0 Å². The van der Waals surface area contributed by atoms with Gasteiger partial charge in [-0.25, -0.2) is 4.79 Å². The van der Waals surface area contributed by atoms with Crippen molar-refractivity contribution in [3.63, 3.8) is 0 Å². The molecule has 6 heteroatoms. The maximum Gasteiger partial charge on any atom is 0.333 e. The normalized spacial score (nSPS) is 36.4. The summed E-state index contributed by atoms with van der Waals surface area (Å²) in [5.74, 6) is -0.845. The van der Waals surface area contributed by atoms with Gasteiger partial charge in [-0.15, -0.1) is 0 Å². The highest BCUT2D eigenvalue weighted by Crippen LogP contribution is 2.62. The first-order valence-corrected chi connectivity index (χ1v) is 8.33. The molecular weight excluding hydrogens is 312 g/mol. The third-order valence-electron chi connectivity index (χ3n) is 5.51. The van der Waals surface area contributed by atoms with Gasteiger partial charge in [0.1, 0.15) is 17.8 Å². The first kappa shape index (κ1) is 17.0. The average Bonchev–Trinajstić information content (AvgIpc) is 2.98. The lowest BCUT2D eigenvalue weighted by atomic mass is 9.75. The monoisotopic (exact) mass is 336 g/mol. The zero-order valence-corrected chi connectivity index (χ0v) is 14.6. The van der Waals surface area contributed by atoms with E-state index in [1.165, 1.54) is 0 Å². The molecule has 3 fully saturated rings. The summed E-state index contributed by atoms with van der Waals surface area (Å²) >= 11 is 0. The SMILES string of the molecule is C=C(C)C(=O)OC(C)(C)CC(=O)OC1C2CC3C1OC(=O)C3(C)C2. The van der Waals surface area contributed by atoms with Crippen LogP contribution in [0.1, 0.15) is 47.0 Å². The summed E-state index contributed by atoms with van der Waals surface area (Å²) in [6.45, 7) is 10.3. The van der Waals surface area contributed by atoms with Crippen molar-refractivity contribution in [2.75, 3.05) is 0 Å². The average molecular weight is 336 g/mol. The molecule has 0 aromatic carbocycles. The minimum absolute atomic E-state index is 0.0577. The van der Waals surface area contributed by atoms with E-state index in [4.69, 9.17) is 14.2 Å². The predicted octanol–water partition coefficient (Wildman–Crippen LogP) is 2.16. The standard InChI is InChI=1S/C18H24O6/c1-9(2)15(20)24-17(3,4)8-12(19)22-13-10-6-11-14(13)23-16(21)18(11,5)7-10/h10-11,13-14H,1,6-8H2,2-5H3. The highest BCUT2D eigenvalue weighted by Gasteiger charge is 2.69. The van der Waals surface area contributed by atoms with Gasteiger partial charge in [0.05, 0.1) is 11.8 Å². The Balaban J connectivity index is 1.60. The number of hydrogen-bond acceptors (Lipinski definition) is 6. The van der Waals surface area contributed by atoms with Gasteiger partial charge in [-0.1, -0.05) is 6.58 Å². The van der Waals surface area contributed by atoms with E-state index in [0.29, 0.717) is 6.42 Å². The molecule has 3 rings (SSSR count). The van der Waals surface area contributed by atoms with Crippen molar-refractivity contribution in [2.24, 2.45) is 17.3 Å². The van der Waals surface area contributed by atoms with Gasteiger partial charge in [0.25, 0.3) is 0 Å². The van der Waals surface area contributed by atoms with Crippen molar-refractivity contribution in [3.8, 4) is 0 Å². The topological polar surface area (TPSA) is 78.9 Å². The molecule has 0 radical (unpaired) electrons. The molecule has 1 saturated heterocycles. The summed E-state index contributed by atoms with van der Waals surface area (Å²) in [5, 5.41) is 0. The Morgan fingerprint density at radius 3 is 2.71 bits per heavy atom. The number of hydrogen-bond donors (Lipinski definition) is 0. The van der Waals surface area contributed by atoms with E-state index in [-0.39, 0.29) is 42.0 Å². The van der Waals surface area contributed by atoms with E-state index in [9.17, 15) is 14.4 Å². The molecule has 5 unspecified atom stereocenters. The Labute approximate surface area is 141 Å². The van der Waals surface area contributed by atoms with E-state index in [1.54, 1.807) is 20.8 Å². The van der Waals surface area contributed by atoms with Gasteiger partial charge < -0.3 is 14.2 Å². The van der Waals surface area contributed by atoms with Crippen LogP contribution < -0.4 is 0 Å². The molecule has 0 spiro atoms. The summed E-state index contributed by atoms with van der Waals surface area (Å²) < 4.78 is 16.4. The molecule has 132 valence electrons. The molecule has 1 aliphatic heterocycles. The molecule has 2 aliphatic carbocycles. The van der Waals surface area contributed by atoms with Crippen molar-refractivity contribution >= 4 is 17.9 Å². The second kappa shape index (κ2) is 5.33. The molecule has 2 saturated carbocycles. The highest BCUT2D eigenvalue weighted by molar-refractivity contribution is 5.87. The van der Waals surface area contributed by atoms with Gasteiger partial charge in [0, 0.05) is 17.4 Å². The van der Waals surface area contributed by atoms with E-state index < -0.39 is 23.0 Å². The number of fused-ring (bicyclic) bond motifs is 1. The number of carbonyl (C=O) groups is 3. The molecule has 0 amide bonds. The van der Waals surface area contributed by atoms with E-state index >= 15 is 0 Å². The third-order valence-corrected chi connectivity index (χ3v) is 5.51. The van der Waals surface area contributed by atoms with Gasteiger partial charge in [0.2, 0.25) is 0 Å². The van der Waals surface area contributed by atoms with Crippen LogP contribution in [0.4, 0.5) is 0 Å². The molecule has 0 N–H and O–H groups in total. The van der Waals surface area contributed by atoms with E-state index in [1.807, 2.05) is 6.92 Å². The van der Waals surface area contributed by atoms with Crippen LogP contribution in [-0.2, 0) is 28.6 Å². The third kappa shape index (κ3) is 2.62. The van der Waals surface area contributed by atoms with Crippen LogP contribution in [-0.4, -0.2) is 35.7 Å². The highest BCUT2D eigenvalue weighted by atomic mass is 16.6. The number of esters is 3. The molecular formula is C18H24O6. The fourth-order valence-electron chi connectivity index (χ4n) is 4.33. The Morgan fingerprint density at radius 1 is 1.42 bits per heavy atom. The van der Waals surface area contributed by atoms with E-state index in [2.05, 4.69) is 6.58 Å². The summed E-state index contributed by atoms with van der Waals surface area (Å²) in [4.78, 5) is 36.0. The van der Waals surface area contributed by atoms with Gasteiger partial charge in [-0.3, -0.25) is 9.59 Å². The van der Waals surface area contributed by atoms with Crippen LogP contribution in [0.3, 0.4) is 0 Å². The van der Waals surface area contributed by atoms with Crippen molar-refractivity contribution in [3.05, 3.63) is 12.2 Å². The lowest BCUT2D eigenvalue weighted by molar-refractivity contribution is -0.169. The first-order valence-electron chi connectivity index (χ1n) is 8.33. The smallest absolute Gasteiger partial charge is 0.333 e. The summed E-state index contributed by atoms with van der Waals surface area (Å²) in [5.41, 5.74) is -1.11. The Hall–Kier alpha value is -1.85. The molecule has 6 nitrogen and oxygen atoms in total. The molecule has 24 heavy (non-hydrogen) atoms. The van der Waals surface area contributed by atoms with Crippen LogP contribution in [0.5, 0.6) is 0 Å². The summed E-state index contributed by atoms with van der Waals surface area (Å²) in [6.07, 6.45) is 0.802. The summed E-state index contributed by atoms with van der Waals surface area (Å²) in [7, 11) is 0. The fourth-order valence-corrected chi connectivity index (χ4v) is 4.33. The van der Waals surface area contributed by atoms with Gasteiger partial charge in [-0.2, -0.15) is 0 Å². The molecule has 0 aromatic rings. The Kier molecular flexibility index (Phi) is 3.77. The number of ether oxygens (including phenoxy) is 3. The van der Waals surface area contributed by atoms with Crippen molar-refractivity contribution in [2.45, 2.75) is 64.8 Å². The maximum atomic E-state index is 12.3. The van der Waals surface area contributed by atoms with Gasteiger partial charge in [-0.05, 0) is 40.5 Å². The summed E-state index contributed by atoms with van der Waals surface area (Å²) in [6, 6.07) is 0. The zero-order valence-electron chi connectivity index (χ0n) is 14.6. The molecule has 5 atom stereocenters. The van der Waals surface area contributed by atoms with Crippen LogP contribution in [0.15, 0.2) is 12.2 Å². The molecule has 2 bridgehead atoms. The second-order valence-corrected chi connectivity index (χ2v) is 8.15. The Bertz CT molecular complexity index is 621. The molecule has 0 aromatic heterocycles. The van der Waals surface area contributed by atoms with Crippen molar-refractivity contribution < 1.29 is 28.6 Å². The first-order chi connectivity index (χ1) is 11.0. The van der Waals surface area contributed by atoms with Gasteiger partial charge >= 0.3 is 17.9 Å². The maximum absolute atomic E-state index is 12.3. The minimum Gasteiger partial charge on any atom is -0.458 e. The quantitative estimate of drug-likeness (QED) is 0.435. The largest absolute Gasteiger partial charge is 0.458 e. The number of rotatable bonds is 5. The number of carbonyl (C=O) groups excluding carboxylic acids is 3. The van der Waals surface area contributed by atoms with Crippen molar-refractivity contribution in [1.82, 2.24) is 0 Å². The zero-order chi connectivity index (χ0) is 17.9.